The fraction of sp³-hybridized carbons (Fsp3) is 0.500. The Bertz CT molecular complexity index is 1400. The Morgan fingerprint density at radius 2 is 1.97 bits per heavy atom. The monoisotopic (exact) mass is 551 g/mol. The van der Waals surface area contributed by atoms with E-state index in [9.17, 15) is 14.7 Å². The van der Waals surface area contributed by atoms with Crippen LogP contribution in [-0.4, -0.2) is 34.2 Å². The molecule has 4 atom stereocenters. The predicted octanol–water partition coefficient (Wildman–Crippen LogP) is 6.76. The second kappa shape index (κ2) is 11.3. The minimum Gasteiger partial charge on any atom is -0.480 e. The number of hydrogen-bond donors (Lipinski definition) is 1. The molecule has 1 saturated heterocycles. The highest BCUT2D eigenvalue weighted by molar-refractivity contribution is 6.30. The number of halogens is 1. The van der Waals surface area contributed by atoms with Gasteiger partial charge in [-0.15, -0.1) is 0 Å². The highest BCUT2D eigenvalue weighted by Crippen LogP contribution is 2.49. The number of aliphatic hydroxyl groups is 1. The lowest BCUT2D eigenvalue weighted by Gasteiger charge is -2.53. The molecule has 1 saturated carbocycles. The van der Waals surface area contributed by atoms with Crippen LogP contribution in [0.2, 0.25) is 5.02 Å². The van der Waals surface area contributed by atoms with Crippen molar-refractivity contribution in [3.8, 4) is 5.75 Å². The molecule has 6 nitrogen and oxygen atoms in total. The molecule has 0 unspecified atom stereocenters. The highest BCUT2D eigenvalue weighted by Gasteiger charge is 2.50. The van der Waals surface area contributed by atoms with Gasteiger partial charge >= 0.3 is 5.63 Å². The molecule has 3 aromatic rings. The fourth-order valence-electron chi connectivity index (χ4n) is 6.59. The van der Waals surface area contributed by atoms with Gasteiger partial charge < -0.3 is 19.2 Å². The Balaban J connectivity index is 1.43. The largest absolute Gasteiger partial charge is 0.480 e. The molecule has 0 spiro atoms. The number of benzene rings is 2. The molecule has 2 aromatic carbocycles. The second-order valence-electron chi connectivity index (χ2n) is 11.3. The van der Waals surface area contributed by atoms with E-state index in [1.54, 1.807) is 13.0 Å². The van der Waals surface area contributed by atoms with Crippen LogP contribution in [0.3, 0.4) is 0 Å². The van der Waals surface area contributed by atoms with Crippen LogP contribution in [0.1, 0.15) is 81.5 Å². The van der Waals surface area contributed by atoms with E-state index in [0.717, 1.165) is 61.5 Å². The number of aryl methyl sites for hydroxylation is 2. The summed E-state index contributed by atoms with van der Waals surface area (Å²) in [6.07, 6.45) is 6.29. The quantitative estimate of drug-likeness (QED) is 0.328. The zero-order chi connectivity index (χ0) is 27.7. The van der Waals surface area contributed by atoms with Crippen molar-refractivity contribution in [3.63, 3.8) is 0 Å². The maximum atomic E-state index is 14.0. The smallest absolute Gasteiger partial charge is 0.336 e. The first-order chi connectivity index (χ1) is 18.7. The predicted molar refractivity (Wildman–Crippen MR) is 153 cm³/mol. The lowest BCUT2D eigenvalue weighted by Crippen LogP contribution is -2.58. The topological polar surface area (TPSA) is 80.0 Å². The summed E-state index contributed by atoms with van der Waals surface area (Å²) in [5.41, 5.74) is 2.02. The summed E-state index contributed by atoms with van der Waals surface area (Å²) in [5, 5.41) is 13.1. The van der Waals surface area contributed by atoms with Crippen LogP contribution in [0.4, 0.5) is 0 Å². The average molecular weight is 552 g/mol. The van der Waals surface area contributed by atoms with Gasteiger partial charge in [0.05, 0.1) is 11.6 Å². The molecule has 0 radical (unpaired) electrons. The molecule has 1 N–H and O–H groups in total. The van der Waals surface area contributed by atoms with Crippen molar-refractivity contribution < 1.29 is 19.1 Å². The number of fused-ring (bicyclic) bond motifs is 2. The molecule has 208 valence electrons. The van der Waals surface area contributed by atoms with E-state index in [0.29, 0.717) is 34.9 Å². The van der Waals surface area contributed by atoms with E-state index in [1.807, 2.05) is 48.2 Å². The van der Waals surface area contributed by atoms with Crippen molar-refractivity contribution in [2.75, 3.05) is 6.54 Å². The number of amides is 1. The van der Waals surface area contributed by atoms with Crippen molar-refractivity contribution in [2.24, 2.45) is 5.92 Å². The van der Waals surface area contributed by atoms with Gasteiger partial charge in [0.15, 0.2) is 6.10 Å². The van der Waals surface area contributed by atoms with Crippen molar-refractivity contribution in [1.82, 2.24) is 4.90 Å². The third-order valence-electron chi connectivity index (χ3n) is 8.71. The van der Waals surface area contributed by atoms with E-state index in [1.165, 1.54) is 0 Å². The number of piperidine rings is 1. The van der Waals surface area contributed by atoms with Crippen molar-refractivity contribution in [3.05, 3.63) is 74.6 Å². The molecular formula is C32H38ClNO5. The summed E-state index contributed by atoms with van der Waals surface area (Å²) >= 11 is 6.18. The minimum atomic E-state index is -0.772. The van der Waals surface area contributed by atoms with Gasteiger partial charge in [0.2, 0.25) is 0 Å². The van der Waals surface area contributed by atoms with Crippen molar-refractivity contribution in [2.45, 2.75) is 89.9 Å². The van der Waals surface area contributed by atoms with E-state index in [2.05, 4.69) is 6.92 Å². The molecule has 5 rings (SSSR count). The zero-order valence-electron chi connectivity index (χ0n) is 23.0. The molecule has 1 aliphatic heterocycles. The summed E-state index contributed by atoms with van der Waals surface area (Å²) in [6, 6.07) is 12.7. The van der Waals surface area contributed by atoms with Gasteiger partial charge in [-0.1, -0.05) is 49.9 Å². The number of hydrogen-bond acceptors (Lipinski definition) is 5. The molecule has 2 aliphatic rings. The zero-order valence-corrected chi connectivity index (χ0v) is 23.8. The van der Waals surface area contributed by atoms with Crippen molar-refractivity contribution in [1.29, 1.82) is 0 Å². The second-order valence-corrected chi connectivity index (χ2v) is 11.7. The number of carbonyl (C=O) groups excluding carboxylic acids is 1. The van der Waals surface area contributed by atoms with Crippen molar-refractivity contribution >= 4 is 28.5 Å². The molecule has 1 aromatic heterocycles. The van der Waals surface area contributed by atoms with E-state index < -0.39 is 11.7 Å². The Kier molecular flexibility index (Phi) is 8.06. The molecule has 1 amide bonds. The Hall–Kier alpha value is -2.83. The fourth-order valence-corrected chi connectivity index (χ4v) is 6.71. The molecule has 7 heteroatoms. The summed E-state index contributed by atoms with van der Waals surface area (Å²) in [4.78, 5) is 28.1. The first kappa shape index (κ1) is 27.7. The van der Waals surface area contributed by atoms with Crippen LogP contribution in [0.15, 0.2) is 51.7 Å². The Morgan fingerprint density at radius 3 is 2.72 bits per heavy atom. The lowest BCUT2D eigenvalue weighted by atomic mass is 9.66. The van der Waals surface area contributed by atoms with Gasteiger partial charge in [-0.2, -0.15) is 0 Å². The van der Waals surface area contributed by atoms with Crippen LogP contribution in [-0.2, 0) is 11.2 Å². The van der Waals surface area contributed by atoms with Crippen LogP contribution >= 0.6 is 11.6 Å². The van der Waals surface area contributed by atoms with Gasteiger partial charge in [0.25, 0.3) is 5.91 Å². The van der Waals surface area contributed by atoms with E-state index in [4.69, 9.17) is 20.8 Å². The van der Waals surface area contributed by atoms with Crippen LogP contribution in [0.25, 0.3) is 11.0 Å². The van der Waals surface area contributed by atoms with Crippen LogP contribution < -0.4 is 10.4 Å². The van der Waals surface area contributed by atoms with E-state index in [-0.39, 0.29) is 23.5 Å². The van der Waals surface area contributed by atoms with Crippen LogP contribution in [0, 0.1) is 12.8 Å². The van der Waals surface area contributed by atoms with Gasteiger partial charge in [-0.3, -0.25) is 4.79 Å². The summed E-state index contributed by atoms with van der Waals surface area (Å²) in [5.74, 6) is 0.351. The Morgan fingerprint density at radius 1 is 1.21 bits per heavy atom. The number of carbonyl (C=O) groups is 1. The normalized spacial score (nSPS) is 23.9. The van der Waals surface area contributed by atoms with Crippen LogP contribution in [0.5, 0.6) is 5.75 Å². The summed E-state index contributed by atoms with van der Waals surface area (Å²) < 4.78 is 11.9. The number of ether oxygens (including phenoxy) is 1. The third kappa shape index (κ3) is 5.46. The standard InChI is InChI=1S/C32H38ClNO5/c1-4-5-8-23-19-28(35)39-30-20(2)27(15-14-25(23)30)38-21(3)31(36)34-18-17-32(37)16-7-6-9-26(32)29(34)22-10-12-24(33)13-11-22/h10-15,19,21,26,29,37H,4-9,16-18H2,1-3H3/t21-,26-,29-,32-/m1/s1. The SMILES string of the molecule is CCCCc1cc(=O)oc2c(C)c(O[C@H](C)C(=O)N3CC[C@]4(O)CCCC[C@@H]4[C@H]3c3ccc(Cl)cc3)ccc12. The average Bonchev–Trinajstić information content (AvgIpc) is 2.92. The lowest BCUT2D eigenvalue weighted by molar-refractivity contribution is -0.161. The maximum Gasteiger partial charge on any atom is 0.336 e. The third-order valence-corrected chi connectivity index (χ3v) is 8.96. The summed E-state index contributed by atoms with van der Waals surface area (Å²) in [7, 11) is 0. The highest BCUT2D eigenvalue weighted by atomic mass is 35.5. The van der Waals surface area contributed by atoms with Gasteiger partial charge in [-0.05, 0) is 81.3 Å². The number of nitrogens with zero attached hydrogens (tertiary/aromatic N) is 1. The molecule has 39 heavy (non-hydrogen) atoms. The molecule has 0 bridgehead atoms. The molecular weight excluding hydrogens is 514 g/mol. The number of rotatable bonds is 7. The number of likely N-dealkylation sites (tertiary alicyclic amines) is 1. The number of unbranched alkanes of at least 4 members (excludes halogenated alkanes) is 1. The van der Waals surface area contributed by atoms with Gasteiger partial charge in [0, 0.05) is 34.5 Å². The molecule has 2 fully saturated rings. The molecule has 2 heterocycles. The van der Waals surface area contributed by atoms with Gasteiger partial charge in [0.1, 0.15) is 11.3 Å². The first-order valence-electron chi connectivity index (χ1n) is 14.2. The minimum absolute atomic E-state index is 0.0458. The molecule has 1 aliphatic carbocycles. The van der Waals surface area contributed by atoms with Gasteiger partial charge in [-0.25, -0.2) is 4.79 Å². The summed E-state index contributed by atoms with van der Waals surface area (Å²) in [6.45, 7) is 6.21. The van der Waals surface area contributed by atoms with E-state index >= 15 is 0 Å². The first-order valence-corrected chi connectivity index (χ1v) is 14.6. The Labute approximate surface area is 234 Å². The maximum absolute atomic E-state index is 14.0.